The van der Waals surface area contributed by atoms with Gasteiger partial charge in [-0.1, -0.05) is 23.9 Å². The Morgan fingerprint density at radius 2 is 2.15 bits per heavy atom. The first-order chi connectivity index (χ1) is 9.78. The summed E-state index contributed by atoms with van der Waals surface area (Å²) in [4.78, 5) is 0. The molecule has 0 aliphatic rings. The maximum Gasteiger partial charge on any atom is 0.195 e. The van der Waals surface area contributed by atoms with Crippen molar-refractivity contribution in [2.75, 3.05) is 12.8 Å². The van der Waals surface area contributed by atoms with Gasteiger partial charge in [0.2, 0.25) is 0 Å². The Bertz CT molecular complexity index is 741. The number of hydrogen-bond acceptors (Lipinski definition) is 5. The molecule has 0 fully saturated rings. The summed E-state index contributed by atoms with van der Waals surface area (Å²) in [6.45, 7) is 0. The summed E-state index contributed by atoms with van der Waals surface area (Å²) < 4.78 is 7.31. The normalized spacial score (nSPS) is 10.8. The Hall–Kier alpha value is -2.21. The highest BCUT2D eigenvalue weighted by atomic mass is 32.2. The molecule has 0 aliphatic heterocycles. The molecule has 0 atom stereocenters. The number of nitrogens with zero attached hydrogens (tertiary/aromatic N) is 3. The van der Waals surface area contributed by atoms with Gasteiger partial charge in [-0.3, -0.25) is 4.40 Å². The molecule has 2 heterocycles. The van der Waals surface area contributed by atoms with Crippen LogP contribution < -0.4 is 10.5 Å². The second kappa shape index (κ2) is 5.42. The molecular formula is C14H14N4OS. The molecule has 0 amide bonds. The Labute approximate surface area is 120 Å². The number of methoxy groups -OCH3 is 1. The van der Waals surface area contributed by atoms with E-state index in [0.29, 0.717) is 5.69 Å². The lowest BCUT2D eigenvalue weighted by molar-refractivity contribution is 0.411. The van der Waals surface area contributed by atoms with Crippen molar-refractivity contribution in [3.8, 4) is 5.75 Å². The third kappa shape index (κ3) is 2.42. The molecule has 0 bridgehead atoms. The summed E-state index contributed by atoms with van der Waals surface area (Å²) in [5.41, 5.74) is 8.38. The number of hydrogen-bond donors (Lipinski definition) is 1. The number of rotatable bonds is 4. The SMILES string of the molecule is COc1cc(N)ccc1CSc1nnc2ccccn12. The van der Waals surface area contributed by atoms with E-state index >= 15 is 0 Å². The summed E-state index contributed by atoms with van der Waals surface area (Å²) in [6, 6.07) is 11.5. The van der Waals surface area contributed by atoms with E-state index in [4.69, 9.17) is 10.5 Å². The fourth-order valence-electron chi connectivity index (χ4n) is 1.94. The molecule has 1 aromatic carbocycles. The number of nitrogens with two attached hydrogens (primary N) is 1. The monoisotopic (exact) mass is 286 g/mol. The molecule has 0 radical (unpaired) electrons. The van der Waals surface area contributed by atoms with Crippen molar-refractivity contribution in [2.24, 2.45) is 0 Å². The van der Waals surface area contributed by atoms with Crippen LogP contribution >= 0.6 is 11.8 Å². The molecular weight excluding hydrogens is 272 g/mol. The number of aromatic nitrogens is 3. The summed E-state index contributed by atoms with van der Waals surface area (Å²) in [7, 11) is 1.65. The molecule has 2 N–H and O–H groups in total. The summed E-state index contributed by atoms with van der Waals surface area (Å²) >= 11 is 1.61. The molecule has 0 spiro atoms. The minimum Gasteiger partial charge on any atom is -0.496 e. The number of nitrogen functional groups attached to an aromatic ring is 1. The molecule has 0 aliphatic carbocycles. The van der Waals surface area contributed by atoms with Crippen LogP contribution in [0.25, 0.3) is 5.65 Å². The lowest BCUT2D eigenvalue weighted by Gasteiger charge is -2.08. The van der Waals surface area contributed by atoms with Crippen molar-refractivity contribution in [2.45, 2.75) is 10.9 Å². The lowest BCUT2D eigenvalue weighted by Crippen LogP contribution is -1.94. The van der Waals surface area contributed by atoms with Gasteiger partial charge in [0, 0.05) is 29.3 Å². The van der Waals surface area contributed by atoms with Crippen LogP contribution in [0.4, 0.5) is 5.69 Å². The molecule has 3 aromatic rings. The summed E-state index contributed by atoms with van der Waals surface area (Å²) in [5, 5.41) is 9.18. The van der Waals surface area contributed by atoms with E-state index in [1.165, 1.54) is 0 Å². The van der Waals surface area contributed by atoms with Gasteiger partial charge in [-0.25, -0.2) is 0 Å². The average molecular weight is 286 g/mol. The van der Waals surface area contributed by atoms with Crippen LogP contribution in [0.15, 0.2) is 47.8 Å². The minimum atomic E-state index is 0.698. The number of pyridine rings is 1. The van der Waals surface area contributed by atoms with Crippen LogP contribution in [0.2, 0.25) is 0 Å². The van der Waals surface area contributed by atoms with Gasteiger partial charge in [0.15, 0.2) is 10.8 Å². The highest BCUT2D eigenvalue weighted by Crippen LogP contribution is 2.28. The zero-order valence-corrected chi connectivity index (χ0v) is 11.8. The molecule has 0 unspecified atom stereocenters. The quantitative estimate of drug-likeness (QED) is 0.590. The second-order valence-corrected chi connectivity index (χ2v) is 5.21. The standard InChI is InChI=1S/C14H14N4OS/c1-19-12-8-11(15)6-5-10(12)9-20-14-17-16-13-4-2-3-7-18(13)14/h2-8H,9,15H2,1H3. The zero-order chi connectivity index (χ0) is 13.9. The largest absolute Gasteiger partial charge is 0.496 e. The molecule has 0 saturated carbocycles. The van der Waals surface area contributed by atoms with Crippen LogP contribution in [-0.4, -0.2) is 21.7 Å². The maximum absolute atomic E-state index is 5.75. The molecule has 3 rings (SSSR count). The average Bonchev–Trinajstić information content (AvgIpc) is 2.89. The molecule has 102 valence electrons. The first-order valence-corrected chi connectivity index (χ1v) is 7.11. The molecule has 20 heavy (non-hydrogen) atoms. The van der Waals surface area contributed by atoms with Crippen molar-refractivity contribution in [1.29, 1.82) is 0 Å². The van der Waals surface area contributed by atoms with E-state index in [1.54, 1.807) is 18.9 Å². The van der Waals surface area contributed by atoms with Crippen molar-refractivity contribution < 1.29 is 4.74 Å². The van der Waals surface area contributed by atoms with Crippen LogP contribution in [0, 0.1) is 0 Å². The van der Waals surface area contributed by atoms with Gasteiger partial charge in [-0.15, -0.1) is 10.2 Å². The first-order valence-electron chi connectivity index (χ1n) is 6.13. The van der Waals surface area contributed by atoms with E-state index in [-0.39, 0.29) is 0 Å². The van der Waals surface area contributed by atoms with Gasteiger partial charge in [0.25, 0.3) is 0 Å². The van der Waals surface area contributed by atoms with Gasteiger partial charge in [-0.2, -0.15) is 0 Å². The van der Waals surface area contributed by atoms with Crippen LogP contribution in [0.3, 0.4) is 0 Å². The minimum absolute atomic E-state index is 0.698. The molecule has 5 nitrogen and oxygen atoms in total. The van der Waals surface area contributed by atoms with E-state index in [2.05, 4.69) is 10.2 Å². The first kappa shape index (κ1) is 12.8. The van der Waals surface area contributed by atoms with E-state index in [0.717, 1.165) is 27.9 Å². The highest BCUT2D eigenvalue weighted by molar-refractivity contribution is 7.98. The van der Waals surface area contributed by atoms with Gasteiger partial charge in [0.1, 0.15) is 5.75 Å². The highest BCUT2D eigenvalue weighted by Gasteiger charge is 2.08. The fraction of sp³-hybridized carbons (Fsp3) is 0.143. The van der Waals surface area contributed by atoms with E-state index < -0.39 is 0 Å². The number of benzene rings is 1. The second-order valence-electron chi connectivity index (χ2n) is 4.27. The van der Waals surface area contributed by atoms with Gasteiger partial charge >= 0.3 is 0 Å². The molecule has 2 aromatic heterocycles. The number of fused-ring (bicyclic) bond motifs is 1. The van der Waals surface area contributed by atoms with Crippen molar-refractivity contribution in [3.63, 3.8) is 0 Å². The number of anilines is 1. The Balaban J connectivity index is 1.83. The predicted molar refractivity (Wildman–Crippen MR) is 80.0 cm³/mol. The fourth-order valence-corrected chi connectivity index (χ4v) is 2.86. The van der Waals surface area contributed by atoms with Crippen molar-refractivity contribution in [3.05, 3.63) is 48.2 Å². The predicted octanol–water partition coefficient (Wildman–Crippen LogP) is 2.61. The maximum atomic E-state index is 5.75. The third-order valence-electron chi connectivity index (χ3n) is 2.95. The van der Waals surface area contributed by atoms with Crippen molar-refractivity contribution in [1.82, 2.24) is 14.6 Å². The van der Waals surface area contributed by atoms with Gasteiger partial charge in [-0.05, 0) is 18.2 Å². The van der Waals surface area contributed by atoms with Crippen molar-refractivity contribution >= 4 is 23.1 Å². The zero-order valence-electron chi connectivity index (χ0n) is 11.0. The van der Waals surface area contributed by atoms with E-state index in [1.807, 2.05) is 47.0 Å². The molecule has 6 heteroatoms. The Morgan fingerprint density at radius 3 is 3.00 bits per heavy atom. The summed E-state index contributed by atoms with van der Waals surface area (Å²) in [5.74, 6) is 1.55. The van der Waals surface area contributed by atoms with Gasteiger partial charge in [0.05, 0.1) is 7.11 Å². The Morgan fingerprint density at radius 1 is 1.25 bits per heavy atom. The smallest absolute Gasteiger partial charge is 0.195 e. The lowest BCUT2D eigenvalue weighted by atomic mass is 10.2. The van der Waals surface area contributed by atoms with Gasteiger partial charge < -0.3 is 10.5 Å². The van der Waals surface area contributed by atoms with Crippen LogP contribution in [0.1, 0.15) is 5.56 Å². The molecule has 0 saturated heterocycles. The van der Waals surface area contributed by atoms with E-state index in [9.17, 15) is 0 Å². The topological polar surface area (TPSA) is 65.4 Å². The van der Waals surface area contributed by atoms with Crippen LogP contribution in [0.5, 0.6) is 5.75 Å². The number of ether oxygens (including phenoxy) is 1. The number of thioether (sulfide) groups is 1. The third-order valence-corrected chi connectivity index (χ3v) is 3.94. The summed E-state index contributed by atoms with van der Waals surface area (Å²) in [6.07, 6.45) is 1.96. The Kier molecular flexibility index (Phi) is 3.47. The van der Waals surface area contributed by atoms with Crippen LogP contribution in [-0.2, 0) is 5.75 Å².